The van der Waals surface area contributed by atoms with Crippen molar-refractivity contribution in [1.82, 2.24) is 0 Å². The second-order valence-electron chi connectivity index (χ2n) is 7.22. The van der Waals surface area contributed by atoms with Gasteiger partial charge in [-0.1, -0.05) is 41.4 Å². The molecule has 3 aromatic rings. The fourth-order valence-electron chi connectivity index (χ4n) is 3.17. The number of carboxylic acid groups (broad SMARTS) is 1. The molecule has 0 unspecified atom stereocenters. The molecule has 0 bridgehead atoms. The summed E-state index contributed by atoms with van der Waals surface area (Å²) in [6, 6.07) is 18.6. The molecule has 0 aliphatic carbocycles. The summed E-state index contributed by atoms with van der Waals surface area (Å²) in [4.78, 5) is 11.1. The number of carbonyl (C=O) groups is 1. The zero-order valence-electron chi connectivity index (χ0n) is 17.6. The van der Waals surface area contributed by atoms with Gasteiger partial charge in [-0.05, 0) is 65.9 Å². The van der Waals surface area contributed by atoms with Gasteiger partial charge in [0.1, 0.15) is 23.9 Å². The van der Waals surface area contributed by atoms with E-state index >= 15 is 0 Å². The van der Waals surface area contributed by atoms with Gasteiger partial charge in [0.15, 0.2) is 0 Å². The number of ether oxygens (including phenoxy) is 3. The smallest absolute Gasteiger partial charge is 0.307 e. The third-order valence-corrected chi connectivity index (χ3v) is 5.43. The van der Waals surface area contributed by atoms with Crippen LogP contribution >= 0.6 is 23.2 Å². The number of rotatable bonds is 11. The maximum Gasteiger partial charge on any atom is 0.307 e. The summed E-state index contributed by atoms with van der Waals surface area (Å²) in [5.41, 5.74) is 2.87. The van der Waals surface area contributed by atoms with Crippen LogP contribution in [0.5, 0.6) is 17.2 Å². The second kappa shape index (κ2) is 11.8. The highest BCUT2D eigenvalue weighted by Gasteiger charge is 2.08. The maximum absolute atomic E-state index is 11.1. The van der Waals surface area contributed by atoms with E-state index in [1.165, 1.54) is 0 Å². The minimum Gasteiger partial charge on any atom is -0.491 e. The predicted octanol–water partition coefficient (Wildman–Crippen LogP) is 6.22. The molecule has 0 saturated carbocycles. The first-order valence-corrected chi connectivity index (χ1v) is 10.9. The highest BCUT2D eigenvalue weighted by molar-refractivity contribution is 6.42. The van der Waals surface area contributed by atoms with Gasteiger partial charge in [-0.15, -0.1) is 0 Å². The van der Waals surface area contributed by atoms with Crippen LogP contribution in [0.4, 0.5) is 0 Å². The molecule has 0 aliphatic heterocycles. The molecule has 0 aliphatic rings. The van der Waals surface area contributed by atoms with E-state index in [1.807, 2.05) is 36.4 Å². The Morgan fingerprint density at radius 2 is 1.47 bits per heavy atom. The number of aliphatic carboxylic acids is 1. The van der Waals surface area contributed by atoms with Crippen LogP contribution in [-0.2, 0) is 28.8 Å². The Kier molecular flexibility index (Phi) is 8.80. The molecule has 0 radical (unpaired) electrons. The van der Waals surface area contributed by atoms with Gasteiger partial charge in [-0.25, -0.2) is 0 Å². The third kappa shape index (κ3) is 7.45. The van der Waals surface area contributed by atoms with Crippen LogP contribution in [-0.4, -0.2) is 31.4 Å². The minimum absolute atomic E-state index is 0.0464. The van der Waals surface area contributed by atoms with Crippen LogP contribution in [0.2, 0.25) is 10.0 Å². The van der Waals surface area contributed by atoms with Crippen molar-refractivity contribution in [3.8, 4) is 17.2 Å². The summed E-state index contributed by atoms with van der Waals surface area (Å²) in [6.07, 6.45) is 1.50. The quantitative estimate of drug-likeness (QED) is 0.334. The first-order valence-electron chi connectivity index (χ1n) is 10.1. The molecule has 168 valence electrons. The van der Waals surface area contributed by atoms with Gasteiger partial charge in [0, 0.05) is 13.2 Å². The lowest BCUT2D eigenvalue weighted by molar-refractivity contribution is -0.136. The molecule has 0 aromatic heterocycles. The first kappa shape index (κ1) is 23.9. The summed E-state index contributed by atoms with van der Waals surface area (Å²) >= 11 is 12.0. The molecule has 5 nitrogen and oxygen atoms in total. The first-order chi connectivity index (χ1) is 15.4. The van der Waals surface area contributed by atoms with Crippen LogP contribution in [0, 0.1) is 0 Å². The Hall–Kier alpha value is -2.73. The third-order valence-electron chi connectivity index (χ3n) is 4.69. The molecule has 32 heavy (non-hydrogen) atoms. The zero-order chi connectivity index (χ0) is 22.9. The average Bonchev–Trinajstić information content (AvgIpc) is 2.75. The van der Waals surface area contributed by atoms with Gasteiger partial charge in [0.25, 0.3) is 0 Å². The number of carboxylic acids is 1. The Bertz CT molecular complexity index is 1050. The van der Waals surface area contributed by atoms with Crippen molar-refractivity contribution in [1.29, 1.82) is 0 Å². The van der Waals surface area contributed by atoms with Crippen LogP contribution in [0.15, 0.2) is 60.7 Å². The zero-order valence-corrected chi connectivity index (χ0v) is 19.2. The van der Waals surface area contributed by atoms with E-state index in [4.69, 9.17) is 42.5 Å². The second-order valence-corrected chi connectivity index (χ2v) is 8.03. The molecule has 0 fully saturated rings. The predicted molar refractivity (Wildman–Crippen MR) is 126 cm³/mol. The number of hydrogen-bond acceptors (Lipinski definition) is 4. The van der Waals surface area contributed by atoms with E-state index < -0.39 is 5.97 Å². The van der Waals surface area contributed by atoms with Crippen LogP contribution < -0.4 is 9.47 Å². The van der Waals surface area contributed by atoms with Crippen molar-refractivity contribution in [3.05, 3.63) is 87.4 Å². The van der Waals surface area contributed by atoms with Gasteiger partial charge in [0.2, 0.25) is 0 Å². The lowest BCUT2D eigenvalue weighted by Crippen LogP contribution is -2.06. The van der Waals surface area contributed by atoms with Gasteiger partial charge < -0.3 is 19.3 Å². The Labute approximate surface area is 197 Å². The van der Waals surface area contributed by atoms with E-state index in [0.29, 0.717) is 46.1 Å². The van der Waals surface area contributed by atoms with Crippen molar-refractivity contribution in [3.63, 3.8) is 0 Å². The monoisotopic (exact) mass is 474 g/mol. The Morgan fingerprint density at radius 1 is 0.781 bits per heavy atom. The SMILES string of the molecule is COCCOc1cc(CCc2ccc(Oc3ccc(Cl)c(Cl)c3)cc2)cc(CC(=O)O)c1. The maximum atomic E-state index is 11.1. The summed E-state index contributed by atoms with van der Waals surface area (Å²) in [6.45, 7) is 0.877. The van der Waals surface area contributed by atoms with Crippen LogP contribution in [0.3, 0.4) is 0 Å². The molecule has 0 atom stereocenters. The Balaban J connectivity index is 1.63. The van der Waals surface area contributed by atoms with E-state index in [1.54, 1.807) is 31.4 Å². The molecule has 0 spiro atoms. The van der Waals surface area contributed by atoms with Crippen LogP contribution in [0.1, 0.15) is 16.7 Å². The summed E-state index contributed by atoms with van der Waals surface area (Å²) < 4.78 is 16.5. The van der Waals surface area contributed by atoms with Crippen molar-refractivity contribution in [2.45, 2.75) is 19.3 Å². The van der Waals surface area contributed by atoms with Gasteiger partial charge in [-0.3, -0.25) is 4.79 Å². The molecule has 7 heteroatoms. The molecule has 0 heterocycles. The van der Waals surface area contributed by atoms with E-state index in [0.717, 1.165) is 24.0 Å². The number of hydrogen-bond donors (Lipinski definition) is 1. The standard InChI is InChI=1S/C25H24Cl2O5/c1-30-10-11-31-22-13-18(12-19(14-22)15-25(28)29)3-2-17-4-6-20(7-5-17)32-21-8-9-23(26)24(27)16-21/h4-9,12-14,16H,2-3,10-11,15H2,1H3,(H,28,29). The van der Waals surface area contributed by atoms with E-state index in [-0.39, 0.29) is 6.42 Å². The van der Waals surface area contributed by atoms with Crippen molar-refractivity contribution in [2.75, 3.05) is 20.3 Å². The van der Waals surface area contributed by atoms with Crippen LogP contribution in [0.25, 0.3) is 0 Å². The van der Waals surface area contributed by atoms with Gasteiger partial charge >= 0.3 is 5.97 Å². The highest BCUT2D eigenvalue weighted by atomic mass is 35.5. The van der Waals surface area contributed by atoms with E-state index in [9.17, 15) is 4.79 Å². The molecule has 0 amide bonds. The molecular formula is C25H24Cl2O5. The fourth-order valence-corrected chi connectivity index (χ4v) is 3.45. The Morgan fingerprint density at radius 3 is 2.16 bits per heavy atom. The lowest BCUT2D eigenvalue weighted by atomic mass is 10.0. The van der Waals surface area contributed by atoms with E-state index in [2.05, 4.69) is 0 Å². The summed E-state index contributed by atoms with van der Waals surface area (Å²) in [7, 11) is 1.61. The van der Waals surface area contributed by atoms with Crippen molar-refractivity contribution in [2.24, 2.45) is 0 Å². The lowest BCUT2D eigenvalue weighted by Gasteiger charge is -2.11. The minimum atomic E-state index is -0.873. The summed E-state index contributed by atoms with van der Waals surface area (Å²) in [5, 5.41) is 10.1. The number of methoxy groups -OCH3 is 1. The molecule has 0 saturated heterocycles. The van der Waals surface area contributed by atoms with Crippen molar-refractivity contribution >= 4 is 29.2 Å². The topological polar surface area (TPSA) is 65.0 Å². The molecule has 3 aromatic carbocycles. The number of aryl methyl sites for hydroxylation is 2. The van der Waals surface area contributed by atoms with Gasteiger partial charge in [-0.2, -0.15) is 0 Å². The number of halogens is 2. The average molecular weight is 475 g/mol. The van der Waals surface area contributed by atoms with Crippen molar-refractivity contribution < 1.29 is 24.1 Å². The largest absolute Gasteiger partial charge is 0.491 e. The highest BCUT2D eigenvalue weighted by Crippen LogP contribution is 2.29. The normalized spacial score (nSPS) is 10.7. The molecule has 3 rings (SSSR count). The van der Waals surface area contributed by atoms with Gasteiger partial charge in [0.05, 0.1) is 23.1 Å². The molecule has 1 N–H and O–H groups in total. The molecular weight excluding hydrogens is 451 g/mol. The summed E-state index contributed by atoms with van der Waals surface area (Å²) in [5.74, 6) is 1.09. The fraction of sp³-hybridized carbons (Fsp3) is 0.240. The number of benzene rings is 3.